The van der Waals surface area contributed by atoms with E-state index in [9.17, 15) is 72.5 Å². The predicted octanol–water partition coefficient (Wildman–Crippen LogP) is -2.88. The molecule has 0 bridgehead atoms. The van der Waals surface area contributed by atoms with Crippen molar-refractivity contribution >= 4 is 76.9 Å². The fourth-order valence-corrected chi connectivity index (χ4v) is 10.1. The van der Waals surface area contributed by atoms with Crippen molar-refractivity contribution in [1.29, 1.82) is 0 Å². The molecule has 89 heavy (non-hydrogen) atoms. The summed E-state index contributed by atoms with van der Waals surface area (Å²) in [6, 6.07) is 13.0. The number of nitrogens with two attached hydrogens (primary N) is 2. The Morgan fingerprint density at radius 2 is 1.07 bits per heavy atom. The summed E-state index contributed by atoms with van der Waals surface area (Å²) in [7, 11) is 1.04. The van der Waals surface area contributed by atoms with Gasteiger partial charge in [-0.1, -0.05) is 119 Å². The van der Waals surface area contributed by atoms with Crippen LogP contribution in [0.3, 0.4) is 0 Å². The summed E-state index contributed by atoms with van der Waals surface area (Å²) < 4.78 is 4.86. The van der Waals surface area contributed by atoms with Crippen LogP contribution in [0.15, 0.2) is 91.0 Å². The lowest BCUT2D eigenvalue weighted by Gasteiger charge is -2.28. The molecule has 28 nitrogen and oxygen atoms in total. The number of esters is 1. The molecule has 15 N–H and O–H groups in total. The Kier molecular flexibility index (Phi) is 26.2. The van der Waals surface area contributed by atoms with E-state index in [1.165, 1.54) is 25.7 Å². The summed E-state index contributed by atoms with van der Waals surface area (Å²) in [4.78, 5) is 176. The Hall–Kier alpha value is -9.31. The van der Waals surface area contributed by atoms with Crippen LogP contribution in [-0.4, -0.2) is 179 Å². The van der Waals surface area contributed by atoms with Gasteiger partial charge < -0.3 is 79.2 Å². The van der Waals surface area contributed by atoms with Gasteiger partial charge in [0.2, 0.25) is 65.0 Å². The SMILES string of the molecule is COC(=O)[C@H]1[C@H](NC(=O)[C@@H](NC(=O)[C@@H](N)Cc2ccccc2)C(C)C)[C@@H]1C(=O)N[C@H](C(=O)N[C@@H](CC(=O)O)C(=O)N[C@H](C(=O)NCC(=O)N1CCC[C@H]1C(=O)N[C@@H](Cc1ccccc1)C(=O)N[C@@H](C)C(=O)N[C@@H](Cc1ccccc1)C(N)=O)C(C)C)[C@@H](C)O. The molecule has 482 valence electrons. The average molecular weight is 1240 g/mol. The minimum Gasteiger partial charge on any atom is -0.481 e. The topological polar surface area (TPSA) is 435 Å². The lowest BCUT2D eigenvalue weighted by atomic mass is 10.0. The van der Waals surface area contributed by atoms with Gasteiger partial charge in [-0.2, -0.15) is 0 Å². The normalized spacial score (nSPS) is 18.9. The van der Waals surface area contributed by atoms with E-state index in [2.05, 4.69) is 47.9 Å². The Morgan fingerprint density at radius 1 is 0.562 bits per heavy atom. The molecular formula is C61H82N12O16. The maximum absolute atomic E-state index is 14.0. The fourth-order valence-electron chi connectivity index (χ4n) is 10.1. The number of aliphatic hydroxyl groups excluding tert-OH is 1. The number of hydrogen-bond acceptors (Lipinski definition) is 16. The molecule has 0 radical (unpaired) electrons. The number of aliphatic carboxylic acids is 1. The van der Waals surface area contributed by atoms with Crippen molar-refractivity contribution in [2.45, 2.75) is 147 Å². The zero-order valence-electron chi connectivity index (χ0n) is 50.7. The summed E-state index contributed by atoms with van der Waals surface area (Å²) >= 11 is 0. The van der Waals surface area contributed by atoms with Gasteiger partial charge >= 0.3 is 11.9 Å². The van der Waals surface area contributed by atoms with Gasteiger partial charge in [-0.05, 0) is 61.6 Å². The summed E-state index contributed by atoms with van der Waals surface area (Å²) in [6.07, 6.45) is -2.03. The highest BCUT2D eigenvalue weighted by Gasteiger charge is 2.61. The molecule has 1 saturated heterocycles. The van der Waals surface area contributed by atoms with Gasteiger partial charge in [-0.15, -0.1) is 0 Å². The van der Waals surface area contributed by atoms with Crippen LogP contribution in [0.25, 0.3) is 0 Å². The van der Waals surface area contributed by atoms with Gasteiger partial charge in [-0.3, -0.25) is 62.3 Å². The second-order valence-corrected chi connectivity index (χ2v) is 22.8. The average Bonchev–Trinajstić information content (AvgIpc) is 1.62. The fraction of sp³-hybridized carbons (Fsp3) is 0.492. The Labute approximate surface area is 514 Å². The van der Waals surface area contributed by atoms with Crippen molar-refractivity contribution in [3.05, 3.63) is 108 Å². The van der Waals surface area contributed by atoms with Crippen LogP contribution < -0.4 is 59.3 Å². The minimum absolute atomic E-state index is 0.0299. The maximum atomic E-state index is 14.0. The van der Waals surface area contributed by atoms with E-state index in [1.807, 2.05) is 0 Å². The standard InChI is InChI=1S/C61H82N12O16/c1-31(2)47(58(85)64-30-43(75)73-25-17-24-42(73)56(83)67-40(28-37-22-15-10-16-23-37)54(81)65-33(5)52(79)66-39(51(63)78)27-36-20-13-9-14-21-36)70-55(82)41(29-44(76)77)68-60(87)49(34(6)74)71-57(84)45-46(61(88)89-7)50(45)72-59(86)48(32(3)4)69-53(80)38(62)26-35-18-11-8-12-19-35/h8-16,18-23,31-34,38-42,45-50,74H,17,24-30,62H2,1-7H3,(H2,63,78)(H,64,85)(H,65,81)(H,66,79)(H,67,83)(H,68,87)(H,69,80)(H,70,82)(H,71,84)(H,72,86)(H,76,77)/t33-,34+,38-,39-,40-,41-,42-,45+,46+,47-,48-,49-,50+/m0/s1. The molecule has 1 heterocycles. The quantitative estimate of drug-likeness (QED) is 0.0279. The highest BCUT2D eigenvalue weighted by atomic mass is 16.5. The Balaban J connectivity index is 1.19. The van der Waals surface area contributed by atoms with Gasteiger partial charge in [0.1, 0.15) is 48.3 Å². The van der Waals surface area contributed by atoms with Crippen LogP contribution >= 0.6 is 0 Å². The monoisotopic (exact) mass is 1240 g/mol. The summed E-state index contributed by atoms with van der Waals surface area (Å²) in [5.74, 6) is -15.9. The molecule has 28 heteroatoms. The molecule has 2 fully saturated rings. The van der Waals surface area contributed by atoms with Crippen LogP contribution in [0.1, 0.15) is 77.5 Å². The number of methoxy groups -OCH3 is 1. The number of benzene rings is 3. The summed E-state index contributed by atoms with van der Waals surface area (Å²) in [6.45, 7) is 8.21. The van der Waals surface area contributed by atoms with Crippen molar-refractivity contribution in [3.8, 4) is 0 Å². The number of amides is 11. The van der Waals surface area contributed by atoms with Crippen LogP contribution in [0.2, 0.25) is 0 Å². The number of carbonyl (C=O) groups excluding carboxylic acids is 12. The largest absolute Gasteiger partial charge is 0.481 e. The van der Waals surface area contributed by atoms with Crippen molar-refractivity contribution < 1.29 is 77.3 Å². The Morgan fingerprint density at radius 3 is 1.58 bits per heavy atom. The van der Waals surface area contributed by atoms with Crippen molar-refractivity contribution in [2.24, 2.45) is 35.1 Å². The molecule has 2 aliphatic rings. The second kappa shape index (κ2) is 33.2. The van der Waals surface area contributed by atoms with E-state index in [1.54, 1.807) is 105 Å². The van der Waals surface area contributed by atoms with Gasteiger partial charge in [0.15, 0.2) is 0 Å². The van der Waals surface area contributed by atoms with E-state index < -0.39 is 180 Å². The number of nitrogens with one attached hydrogen (secondary N) is 9. The Bertz CT molecular complexity index is 3030. The van der Waals surface area contributed by atoms with E-state index in [4.69, 9.17) is 16.2 Å². The van der Waals surface area contributed by atoms with Gasteiger partial charge in [0.05, 0.1) is 50.1 Å². The molecular weight excluding hydrogens is 1160 g/mol. The van der Waals surface area contributed by atoms with Gasteiger partial charge in [0, 0.05) is 19.4 Å². The summed E-state index contributed by atoms with van der Waals surface area (Å²) in [5.41, 5.74) is 13.9. The number of nitrogens with zero attached hydrogens (tertiary/aromatic N) is 1. The van der Waals surface area contributed by atoms with Crippen molar-refractivity contribution in [2.75, 3.05) is 20.2 Å². The molecule has 0 spiro atoms. The molecule has 0 unspecified atom stereocenters. The van der Waals surface area contributed by atoms with Gasteiger partial charge in [-0.25, -0.2) is 0 Å². The van der Waals surface area contributed by atoms with E-state index in [0.29, 0.717) is 12.0 Å². The number of carboxylic acid groups (broad SMARTS) is 1. The van der Waals surface area contributed by atoms with Crippen LogP contribution in [0, 0.1) is 23.7 Å². The molecule has 0 aromatic heterocycles. The van der Waals surface area contributed by atoms with E-state index >= 15 is 0 Å². The lowest BCUT2D eigenvalue weighted by molar-refractivity contribution is -0.144. The maximum Gasteiger partial charge on any atom is 0.311 e. The van der Waals surface area contributed by atoms with Crippen LogP contribution in [0.5, 0.6) is 0 Å². The second-order valence-electron chi connectivity index (χ2n) is 22.8. The lowest BCUT2D eigenvalue weighted by Crippen LogP contribution is -2.60. The number of carbonyl (C=O) groups is 13. The van der Waals surface area contributed by atoms with Crippen LogP contribution in [-0.2, 0) is 86.3 Å². The minimum atomic E-state index is -1.94. The van der Waals surface area contributed by atoms with Crippen LogP contribution in [0.4, 0.5) is 0 Å². The third kappa shape index (κ3) is 20.7. The number of carboxylic acids is 1. The molecule has 3 aromatic rings. The predicted molar refractivity (Wildman–Crippen MR) is 319 cm³/mol. The molecule has 5 rings (SSSR count). The van der Waals surface area contributed by atoms with Crippen molar-refractivity contribution in [1.82, 2.24) is 52.8 Å². The molecule has 1 saturated carbocycles. The molecule has 1 aliphatic carbocycles. The third-order valence-electron chi connectivity index (χ3n) is 15.2. The first-order chi connectivity index (χ1) is 42.1. The smallest absolute Gasteiger partial charge is 0.311 e. The number of hydrogen-bond donors (Lipinski definition) is 13. The molecule has 1 aliphatic heterocycles. The highest BCUT2D eigenvalue weighted by Crippen LogP contribution is 2.41. The molecule has 3 aromatic carbocycles. The number of likely N-dealkylation sites (tertiary alicyclic amines) is 1. The molecule has 13 atom stereocenters. The van der Waals surface area contributed by atoms with E-state index in [-0.39, 0.29) is 32.2 Å². The van der Waals surface area contributed by atoms with Crippen molar-refractivity contribution in [3.63, 3.8) is 0 Å². The van der Waals surface area contributed by atoms with Gasteiger partial charge in [0.25, 0.3) is 0 Å². The number of aliphatic hydroxyl groups is 1. The number of rotatable bonds is 32. The molecule has 11 amide bonds. The summed E-state index contributed by atoms with van der Waals surface area (Å²) in [5, 5.41) is 43.0. The first-order valence-electron chi connectivity index (χ1n) is 29.3. The number of ether oxygens (including phenoxy) is 1. The number of primary amides is 1. The van der Waals surface area contributed by atoms with E-state index in [0.717, 1.165) is 25.2 Å². The highest BCUT2D eigenvalue weighted by molar-refractivity contribution is 6.00. The zero-order chi connectivity index (χ0) is 65.8. The first kappa shape index (κ1) is 70.5. The first-order valence-corrected chi connectivity index (χ1v) is 29.3. The zero-order valence-corrected chi connectivity index (χ0v) is 50.7. The third-order valence-corrected chi connectivity index (χ3v) is 15.2.